The number of benzene rings is 3. The number of para-hydroxylation sites is 1. The van der Waals surface area contributed by atoms with Gasteiger partial charge in [-0.05, 0) is 35.9 Å². The molecular weight excluding hydrogens is 517 g/mol. The number of hydrogen-bond acceptors (Lipinski definition) is 6. The molecule has 1 heterocycles. The first-order valence-corrected chi connectivity index (χ1v) is 12.3. The standard InChI is InChI=1S/C26H19Cl2N5O2S/c27-17-10-11-18(28)20(12-17)33-24(34)21-22(30)23(25(35)32-19-9-5-4-8-16(19)13-29)36-26(21)31-14-15-6-2-1-3-7-15/h1-12,23H,14,30H2,(H,32,35)(H,33,34). The van der Waals surface area contributed by atoms with Crippen LogP contribution in [0.5, 0.6) is 0 Å². The fraction of sp³-hybridized carbons (Fsp3) is 0.0769. The van der Waals surface area contributed by atoms with Crippen LogP contribution < -0.4 is 16.4 Å². The van der Waals surface area contributed by atoms with Crippen LogP contribution in [0, 0.1) is 11.3 Å². The van der Waals surface area contributed by atoms with Crippen molar-refractivity contribution >= 4 is 63.2 Å². The molecule has 0 bridgehead atoms. The van der Waals surface area contributed by atoms with Crippen LogP contribution in [0.25, 0.3) is 0 Å². The summed E-state index contributed by atoms with van der Waals surface area (Å²) in [6.07, 6.45) is 0. The highest BCUT2D eigenvalue weighted by Crippen LogP contribution is 2.35. The van der Waals surface area contributed by atoms with Crippen molar-refractivity contribution in [3.63, 3.8) is 0 Å². The second kappa shape index (κ2) is 11.3. The molecule has 4 rings (SSSR count). The minimum Gasteiger partial charge on any atom is -0.400 e. The summed E-state index contributed by atoms with van der Waals surface area (Å²) < 4.78 is 0. The molecule has 1 atom stereocenters. The number of nitrogens with two attached hydrogens (primary N) is 1. The van der Waals surface area contributed by atoms with Crippen molar-refractivity contribution < 1.29 is 9.59 Å². The summed E-state index contributed by atoms with van der Waals surface area (Å²) in [5.74, 6) is -1.04. The van der Waals surface area contributed by atoms with E-state index < -0.39 is 17.1 Å². The van der Waals surface area contributed by atoms with Gasteiger partial charge in [-0.25, -0.2) is 0 Å². The van der Waals surface area contributed by atoms with Gasteiger partial charge in [-0.3, -0.25) is 14.6 Å². The Morgan fingerprint density at radius 3 is 2.47 bits per heavy atom. The summed E-state index contributed by atoms with van der Waals surface area (Å²) in [5, 5.41) is 14.9. The topological polar surface area (TPSA) is 120 Å². The lowest BCUT2D eigenvalue weighted by molar-refractivity contribution is -0.115. The Balaban J connectivity index is 1.65. The van der Waals surface area contributed by atoms with Crippen LogP contribution >= 0.6 is 35.0 Å². The molecule has 0 aromatic heterocycles. The lowest BCUT2D eigenvalue weighted by Crippen LogP contribution is -2.29. The molecule has 36 heavy (non-hydrogen) atoms. The SMILES string of the molecule is N#Cc1ccccc1NC(=O)C1SC(=NCc2ccccc2)C(C(=O)Nc2cc(Cl)ccc2Cl)=C1N. The molecule has 4 N–H and O–H groups in total. The third-order valence-electron chi connectivity index (χ3n) is 5.21. The van der Waals surface area contributed by atoms with Gasteiger partial charge < -0.3 is 16.4 Å². The van der Waals surface area contributed by atoms with Gasteiger partial charge in [0, 0.05) is 10.7 Å². The molecule has 0 spiro atoms. The number of thioether (sulfide) groups is 1. The molecule has 1 unspecified atom stereocenters. The molecule has 3 aromatic rings. The van der Waals surface area contributed by atoms with Gasteiger partial charge in [0.15, 0.2) is 0 Å². The maximum atomic E-state index is 13.3. The number of carbonyl (C=O) groups excluding carboxylic acids is 2. The van der Waals surface area contributed by atoms with E-state index in [1.165, 1.54) is 6.07 Å². The summed E-state index contributed by atoms with van der Waals surface area (Å²) in [5.41, 5.74) is 8.39. The van der Waals surface area contributed by atoms with E-state index in [0.29, 0.717) is 32.0 Å². The van der Waals surface area contributed by atoms with Gasteiger partial charge in [0.05, 0.1) is 34.1 Å². The van der Waals surface area contributed by atoms with Crippen molar-refractivity contribution in [2.45, 2.75) is 11.8 Å². The monoisotopic (exact) mass is 535 g/mol. The highest BCUT2D eigenvalue weighted by molar-refractivity contribution is 8.16. The zero-order chi connectivity index (χ0) is 25.7. The van der Waals surface area contributed by atoms with Crippen molar-refractivity contribution in [2.24, 2.45) is 10.7 Å². The van der Waals surface area contributed by atoms with Crippen LogP contribution in [-0.4, -0.2) is 22.1 Å². The number of nitriles is 1. The molecule has 7 nitrogen and oxygen atoms in total. The fourth-order valence-corrected chi connectivity index (χ4v) is 4.88. The molecule has 0 aliphatic carbocycles. The number of carbonyl (C=O) groups is 2. The molecule has 180 valence electrons. The maximum Gasteiger partial charge on any atom is 0.260 e. The van der Waals surface area contributed by atoms with Crippen LogP contribution in [0.1, 0.15) is 11.1 Å². The summed E-state index contributed by atoms with van der Waals surface area (Å²) in [6, 6.07) is 22.8. The number of nitrogens with one attached hydrogen (secondary N) is 2. The number of rotatable bonds is 6. The van der Waals surface area contributed by atoms with Gasteiger partial charge in [0.1, 0.15) is 16.4 Å². The van der Waals surface area contributed by atoms with Gasteiger partial charge in [-0.15, -0.1) is 0 Å². The average Bonchev–Trinajstić information content (AvgIpc) is 3.22. The highest BCUT2D eigenvalue weighted by Gasteiger charge is 2.38. The van der Waals surface area contributed by atoms with Crippen molar-refractivity contribution in [2.75, 3.05) is 10.6 Å². The summed E-state index contributed by atoms with van der Waals surface area (Å²) in [4.78, 5) is 31.1. The Labute approximate surface area is 222 Å². The van der Waals surface area contributed by atoms with E-state index in [0.717, 1.165) is 17.3 Å². The molecule has 0 saturated carbocycles. The molecule has 0 radical (unpaired) electrons. The summed E-state index contributed by atoms with van der Waals surface area (Å²) in [7, 11) is 0. The third kappa shape index (κ3) is 5.71. The summed E-state index contributed by atoms with van der Waals surface area (Å²) >= 11 is 13.3. The van der Waals surface area contributed by atoms with Crippen LogP contribution in [0.2, 0.25) is 10.0 Å². The first-order chi connectivity index (χ1) is 17.4. The number of amides is 2. The Bertz CT molecular complexity index is 1430. The van der Waals surface area contributed by atoms with Gasteiger partial charge in [0.25, 0.3) is 5.91 Å². The highest BCUT2D eigenvalue weighted by atomic mass is 35.5. The second-order valence-corrected chi connectivity index (χ2v) is 9.60. The van der Waals surface area contributed by atoms with Gasteiger partial charge in [0.2, 0.25) is 5.91 Å². The van der Waals surface area contributed by atoms with E-state index >= 15 is 0 Å². The normalized spacial score (nSPS) is 16.0. The van der Waals surface area contributed by atoms with Crippen LogP contribution in [0.4, 0.5) is 11.4 Å². The number of hydrogen-bond donors (Lipinski definition) is 3. The smallest absolute Gasteiger partial charge is 0.260 e. The lowest BCUT2D eigenvalue weighted by Gasteiger charge is -2.12. The van der Waals surface area contributed by atoms with E-state index in [1.54, 1.807) is 36.4 Å². The molecule has 10 heteroatoms. The number of anilines is 2. The molecule has 0 saturated heterocycles. The molecular formula is C26H19Cl2N5O2S. The van der Waals surface area contributed by atoms with E-state index in [4.69, 9.17) is 28.9 Å². The number of aliphatic imine (C=N–C) groups is 1. The van der Waals surface area contributed by atoms with Crippen molar-refractivity contribution in [1.82, 2.24) is 0 Å². The molecule has 2 amide bonds. The van der Waals surface area contributed by atoms with Crippen LogP contribution in [0.15, 0.2) is 89.1 Å². The van der Waals surface area contributed by atoms with E-state index in [2.05, 4.69) is 15.6 Å². The molecule has 1 aliphatic heterocycles. The minimum atomic E-state index is -0.929. The predicted molar refractivity (Wildman–Crippen MR) is 145 cm³/mol. The van der Waals surface area contributed by atoms with Gasteiger partial charge >= 0.3 is 0 Å². The molecule has 0 fully saturated rings. The van der Waals surface area contributed by atoms with E-state index in [9.17, 15) is 14.9 Å². The number of halogens is 2. The van der Waals surface area contributed by atoms with Gasteiger partial charge in [-0.1, -0.05) is 77.4 Å². The largest absolute Gasteiger partial charge is 0.400 e. The average molecular weight is 536 g/mol. The van der Waals surface area contributed by atoms with Crippen LogP contribution in [-0.2, 0) is 16.1 Å². The van der Waals surface area contributed by atoms with E-state index in [1.807, 2.05) is 36.4 Å². The minimum absolute atomic E-state index is 0.0504. The third-order valence-corrected chi connectivity index (χ3v) is 7.03. The summed E-state index contributed by atoms with van der Waals surface area (Å²) in [6.45, 7) is 0.288. The van der Waals surface area contributed by atoms with Crippen molar-refractivity contribution in [3.8, 4) is 6.07 Å². The second-order valence-electron chi connectivity index (χ2n) is 7.66. The predicted octanol–water partition coefficient (Wildman–Crippen LogP) is 5.37. The van der Waals surface area contributed by atoms with E-state index in [-0.39, 0.29) is 17.8 Å². The first-order valence-electron chi connectivity index (χ1n) is 10.7. The zero-order valence-electron chi connectivity index (χ0n) is 18.7. The van der Waals surface area contributed by atoms with Gasteiger partial charge in [-0.2, -0.15) is 5.26 Å². The Morgan fingerprint density at radius 2 is 1.72 bits per heavy atom. The quantitative estimate of drug-likeness (QED) is 0.391. The lowest BCUT2D eigenvalue weighted by atomic mass is 10.1. The van der Waals surface area contributed by atoms with Crippen molar-refractivity contribution in [1.29, 1.82) is 5.26 Å². The maximum absolute atomic E-state index is 13.3. The van der Waals surface area contributed by atoms with Crippen molar-refractivity contribution in [3.05, 3.63) is 105 Å². The van der Waals surface area contributed by atoms with Crippen LogP contribution in [0.3, 0.4) is 0 Å². The molecule has 3 aromatic carbocycles. The Hall–Kier alpha value is -3.77. The zero-order valence-corrected chi connectivity index (χ0v) is 21.0. The molecule has 1 aliphatic rings. The number of nitrogens with zero attached hydrogens (tertiary/aromatic N) is 2. The Morgan fingerprint density at radius 1 is 1.00 bits per heavy atom. The Kier molecular flexibility index (Phi) is 7.96. The first kappa shape index (κ1) is 25.3. The fourth-order valence-electron chi connectivity index (χ4n) is 3.44.